The summed E-state index contributed by atoms with van der Waals surface area (Å²) in [5.74, 6) is 1.18. The van der Waals surface area contributed by atoms with Crippen molar-refractivity contribution in [3.8, 4) is 0 Å². The van der Waals surface area contributed by atoms with E-state index in [1.165, 1.54) is 12.8 Å². The van der Waals surface area contributed by atoms with Crippen LogP contribution in [0.1, 0.15) is 106 Å². The van der Waals surface area contributed by atoms with Crippen molar-refractivity contribution in [1.82, 2.24) is 0 Å². The summed E-state index contributed by atoms with van der Waals surface area (Å²) in [6, 6.07) is 0. The van der Waals surface area contributed by atoms with Gasteiger partial charge in [0, 0.05) is 22.8 Å². The maximum atomic E-state index is 12.8. The molecular weight excluding hydrogens is 408 g/mol. The summed E-state index contributed by atoms with van der Waals surface area (Å²) in [6.07, 6.45) is 11.4. The molecule has 1 saturated carbocycles. The molecule has 1 N–H and O–H groups in total. The van der Waals surface area contributed by atoms with Gasteiger partial charge in [-0.15, -0.1) is 0 Å². The fourth-order valence-corrected chi connectivity index (χ4v) is 8.56. The summed E-state index contributed by atoms with van der Waals surface area (Å²) in [5, 5.41) is 9.14. The monoisotopic (exact) mass is 452 g/mol. The Morgan fingerprint density at radius 2 is 1.82 bits per heavy atom. The molecule has 0 aromatic rings. The SMILES string of the molecule is CC(=CCCC(C)C1=C2C(C)CC3=C(CCC4C(C)(C)C(=O)CCC34C)C2(C)CC1)C(=O)O. The lowest BCUT2D eigenvalue weighted by molar-refractivity contribution is -0.139. The third-order valence-electron chi connectivity index (χ3n) is 10.5. The van der Waals surface area contributed by atoms with E-state index in [1.54, 1.807) is 29.2 Å². The molecule has 0 aliphatic heterocycles. The van der Waals surface area contributed by atoms with E-state index in [1.807, 2.05) is 6.08 Å². The second-order valence-corrected chi connectivity index (χ2v) is 12.7. The lowest BCUT2D eigenvalue weighted by Gasteiger charge is -2.58. The summed E-state index contributed by atoms with van der Waals surface area (Å²) in [6.45, 7) is 15.9. The summed E-state index contributed by atoms with van der Waals surface area (Å²) in [7, 11) is 0. The first-order chi connectivity index (χ1) is 15.3. The predicted octanol–water partition coefficient (Wildman–Crippen LogP) is 7.67. The van der Waals surface area contributed by atoms with Crippen LogP contribution in [-0.2, 0) is 9.59 Å². The highest BCUT2D eigenvalue weighted by Crippen LogP contribution is 2.67. The molecule has 0 heterocycles. The average molecular weight is 453 g/mol. The summed E-state index contributed by atoms with van der Waals surface area (Å²) < 4.78 is 0. The van der Waals surface area contributed by atoms with Crippen LogP contribution in [-0.4, -0.2) is 16.9 Å². The number of rotatable bonds is 5. The number of fused-ring (bicyclic) bond motifs is 4. The smallest absolute Gasteiger partial charge is 0.330 e. The van der Waals surface area contributed by atoms with E-state index in [0.717, 1.165) is 44.9 Å². The van der Waals surface area contributed by atoms with Gasteiger partial charge in [0.05, 0.1) is 0 Å². The molecule has 5 atom stereocenters. The molecule has 0 aromatic heterocycles. The van der Waals surface area contributed by atoms with E-state index in [2.05, 4.69) is 41.5 Å². The Morgan fingerprint density at radius 1 is 1.12 bits per heavy atom. The van der Waals surface area contributed by atoms with Crippen LogP contribution in [0.4, 0.5) is 0 Å². The van der Waals surface area contributed by atoms with Crippen LogP contribution >= 0.6 is 0 Å². The summed E-state index contributed by atoms with van der Waals surface area (Å²) in [4.78, 5) is 23.9. The molecule has 4 aliphatic carbocycles. The van der Waals surface area contributed by atoms with Crippen LogP contribution in [0.5, 0.6) is 0 Å². The molecule has 3 nitrogen and oxygen atoms in total. The van der Waals surface area contributed by atoms with E-state index < -0.39 is 5.97 Å². The summed E-state index contributed by atoms with van der Waals surface area (Å²) in [5.41, 5.74) is 7.41. The Labute approximate surface area is 200 Å². The zero-order chi connectivity index (χ0) is 24.3. The van der Waals surface area contributed by atoms with Crippen LogP contribution in [0.2, 0.25) is 0 Å². The van der Waals surface area contributed by atoms with Crippen molar-refractivity contribution in [1.29, 1.82) is 0 Å². The first kappa shape index (κ1) is 24.5. The maximum Gasteiger partial charge on any atom is 0.330 e. The number of hydrogen-bond acceptors (Lipinski definition) is 2. The molecule has 3 heteroatoms. The molecule has 0 saturated heterocycles. The number of Topliss-reactive ketones (excluding diaryl/α,β-unsaturated/α-hetero) is 1. The minimum atomic E-state index is -0.810. The van der Waals surface area contributed by atoms with Gasteiger partial charge in [0.15, 0.2) is 0 Å². The molecule has 182 valence electrons. The Bertz CT molecular complexity index is 961. The largest absolute Gasteiger partial charge is 0.478 e. The maximum absolute atomic E-state index is 12.8. The standard InChI is InChI=1S/C30H44O3/c1-18(9-8-10-19(2)27(32)33)21-13-15-30(7)22-11-12-24-28(4,5)25(31)14-16-29(24,6)23(22)17-20(3)26(21)30/h10,18,20,24H,8-9,11-17H2,1-7H3,(H,32,33). The van der Waals surface area contributed by atoms with Gasteiger partial charge in [-0.1, -0.05) is 69.9 Å². The molecule has 33 heavy (non-hydrogen) atoms. The van der Waals surface area contributed by atoms with E-state index in [4.69, 9.17) is 5.11 Å². The molecular formula is C30H44O3. The molecule has 0 aromatic carbocycles. The zero-order valence-corrected chi connectivity index (χ0v) is 21.9. The zero-order valence-electron chi connectivity index (χ0n) is 21.9. The van der Waals surface area contributed by atoms with Crippen LogP contribution in [0.15, 0.2) is 33.9 Å². The minimum Gasteiger partial charge on any atom is -0.478 e. The van der Waals surface area contributed by atoms with Crippen molar-refractivity contribution in [2.24, 2.45) is 34.0 Å². The van der Waals surface area contributed by atoms with Gasteiger partial charge in [-0.25, -0.2) is 4.79 Å². The molecule has 5 unspecified atom stereocenters. The lowest BCUT2D eigenvalue weighted by Crippen LogP contribution is -2.52. The van der Waals surface area contributed by atoms with Gasteiger partial charge >= 0.3 is 5.97 Å². The Balaban J connectivity index is 1.67. The molecule has 0 bridgehead atoms. The van der Waals surface area contributed by atoms with Crippen LogP contribution in [0.3, 0.4) is 0 Å². The fourth-order valence-electron chi connectivity index (χ4n) is 8.56. The number of aliphatic carboxylic acids is 1. The van der Waals surface area contributed by atoms with Crippen molar-refractivity contribution in [2.75, 3.05) is 0 Å². The molecule has 1 fully saturated rings. The highest BCUT2D eigenvalue weighted by Gasteiger charge is 2.58. The second kappa shape index (κ2) is 8.24. The number of allylic oxidation sites excluding steroid dienone is 5. The quantitative estimate of drug-likeness (QED) is 0.344. The van der Waals surface area contributed by atoms with Gasteiger partial charge in [-0.05, 0) is 81.5 Å². The number of carbonyl (C=O) groups excluding carboxylic acids is 1. The molecule has 4 rings (SSSR count). The van der Waals surface area contributed by atoms with Crippen LogP contribution < -0.4 is 0 Å². The molecule has 4 aliphatic rings. The van der Waals surface area contributed by atoms with Gasteiger partial charge in [-0.2, -0.15) is 0 Å². The fraction of sp³-hybridized carbons (Fsp3) is 0.733. The third kappa shape index (κ3) is 3.69. The number of carboxylic acids is 1. The van der Waals surface area contributed by atoms with E-state index in [9.17, 15) is 9.59 Å². The first-order valence-electron chi connectivity index (χ1n) is 13.2. The van der Waals surface area contributed by atoms with Crippen molar-refractivity contribution in [3.05, 3.63) is 33.9 Å². The topological polar surface area (TPSA) is 54.4 Å². The van der Waals surface area contributed by atoms with Gasteiger partial charge in [-0.3, -0.25) is 4.79 Å². The van der Waals surface area contributed by atoms with Crippen molar-refractivity contribution in [2.45, 2.75) is 106 Å². The highest BCUT2D eigenvalue weighted by molar-refractivity contribution is 5.86. The van der Waals surface area contributed by atoms with Gasteiger partial charge in [0.1, 0.15) is 5.78 Å². The normalized spacial score (nSPS) is 36.9. The van der Waals surface area contributed by atoms with E-state index in [0.29, 0.717) is 29.1 Å². The highest BCUT2D eigenvalue weighted by atomic mass is 16.4. The van der Waals surface area contributed by atoms with Gasteiger partial charge in [0.25, 0.3) is 0 Å². The minimum absolute atomic E-state index is 0.168. The van der Waals surface area contributed by atoms with Crippen LogP contribution in [0.25, 0.3) is 0 Å². The number of carboxylic acid groups (broad SMARTS) is 1. The van der Waals surface area contributed by atoms with E-state index in [-0.39, 0.29) is 16.2 Å². The molecule has 0 amide bonds. The average Bonchev–Trinajstić information content (AvgIpc) is 3.11. The van der Waals surface area contributed by atoms with Gasteiger partial charge < -0.3 is 5.11 Å². The number of ketones is 1. The Hall–Kier alpha value is -1.64. The lowest BCUT2D eigenvalue weighted by atomic mass is 9.45. The number of hydrogen-bond donors (Lipinski definition) is 1. The van der Waals surface area contributed by atoms with Crippen LogP contribution in [0, 0.1) is 34.0 Å². The summed E-state index contributed by atoms with van der Waals surface area (Å²) >= 11 is 0. The second-order valence-electron chi connectivity index (χ2n) is 12.7. The molecule has 0 radical (unpaired) electrons. The third-order valence-corrected chi connectivity index (χ3v) is 10.5. The van der Waals surface area contributed by atoms with Crippen molar-refractivity contribution < 1.29 is 14.7 Å². The van der Waals surface area contributed by atoms with Crippen molar-refractivity contribution in [3.63, 3.8) is 0 Å². The van der Waals surface area contributed by atoms with Gasteiger partial charge in [0.2, 0.25) is 0 Å². The predicted molar refractivity (Wildman–Crippen MR) is 134 cm³/mol. The van der Waals surface area contributed by atoms with Crippen molar-refractivity contribution >= 4 is 11.8 Å². The molecule has 0 spiro atoms. The Morgan fingerprint density at radius 3 is 2.48 bits per heavy atom. The Kier molecular flexibility index (Phi) is 6.11. The van der Waals surface area contributed by atoms with E-state index >= 15 is 0 Å². The first-order valence-corrected chi connectivity index (χ1v) is 13.2. The number of carbonyl (C=O) groups is 2.